The summed E-state index contributed by atoms with van der Waals surface area (Å²) in [4.78, 5) is 2.61. The van der Waals surface area contributed by atoms with Gasteiger partial charge in [-0.1, -0.05) is 54.8 Å². The predicted molar refractivity (Wildman–Crippen MR) is 102 cm³/mol. The number of hydrogen-bond donors (Lipinski definition) is 0. The van der Waals surface area contributed by atoms with Crippen LogP contribution in [0.15, 0.2) is 42.5 Å². The molecule has 3 nitrogen and oxygen atoms in total. The fourth-order valence-corrected chi connectivity index (χ4v) is 3.82. The van der Waals surface area contributed by atoms with Crippen LogP contribution in [0.3, 0.4) is 0 Å². The molecular formula is C22H29NO2. The zero-order valence-electron chi connectivity index (χ0n) is 15.6. The lowest BCUT2D eigenvalue weighted by atomic mass is 9.99. The summed E-state index contributed by atoms with van der Waals surface area (Å²) >= 11 is 0. The van der Waals surface area contributed by atoms with Crippen LogP contribution in [0, 0.1) is 6.92 Å². The highest BCUT2D eigenvalue weighted by atomic mass is 16.5. The van der Waals surface area contributed by atoms with Crippen molar-refractivity contribution in [2.24, 2.45) is 0 Å². The minimum Gasteiger partial charge on any atom is -0.493 e. The molecule has 0 unspecified atom stereocenters. The molecule has 0 bridgehead atoms. The van der Waals surface area contributed by atoms with Crippen molar-refractivity contribution in [3.05, 3.63) is 59.2 Å². The maximum Gasteiger partial charge on any atom is 0.165 e. The Morgan fingerprint density at radius 2 is 1.76 bits per heavy atom. The fourth-order valence-electron chi connectivity index (χ4n) is 3.82. The van der Waals surface area contributed by atoms with Gasteiger partial charge in [0.25, 0.3) is 0 Å². The lowest BCUT2D eigenvalue weighted by Crippen LogP contribution is -2.28. The van der Waals surface area contributed by atoms with E-state index in [1.807, 2.05) is 6.07 Å². The van der Waals surface area contributed by atoms with Gasteiger partial charge in [-0.15, -0.1) is 0 Å². The zero-order chi connectivity index (χ0) is 17.6. The van der Waals surface area contributed by atoms with Crippen LogP contribution in [0.1, 0.15) is 48.4 Å². The summed E-state index contributed by atoms with van der Waals surface area (Å²) in [5, 5.41) is 0. The smallest absolute Gasteiger partial charge is 0.165 e. The van der Waals surface area contributed by atoms with E-state index < -0.39 is 0 Å². The molecule has 3 rings (SSSR count). The first kappa shape index (κ1) is 17.8. The first-order valence-electron chi connectivity index (χ1n) is 9.23. The molecule has 25 heavy (non-hydrogen) atoms. The molecule has 134 valence electrons. The monoisotopic (exact) mass is 339 g/mol. The van der Waals surface area contributed by atoms with Gasteiger partial charge in [-0.05, 0) is 37.9 Å². The van der Waals surface area contributed by atoms with Gasteiger partial charge in [-0.25, -0.2) is 0 Å². The molecule has 2 aromatic carbocycles. The number of hydrogen-bond acceptors (Lipinski definition) is 3. The summed E-state index contributed by atoms with van der Waals surface area (Å²) in [6.45, 7) is 4.16. The third-order valence-corrected chi connectivity index (χ3v) is 5.18. The van der Waals surface area contributed by atoms with Gasteiger partial charge in [0, 0.05) is 18.2 Å². The number of benzene rings is 2. The van der Waals surface area contributed by atoms with Gasteiger partial charge < -0.3 is 9.47 Å². The van der Waals surface area contributed by atoms with Gasteiger partial charge in [0.05, 0.1) is 14.2 Å². The van der Waals surface area contributed by atoms with Crippen LogP contribution in [-0.4, -0.2) is 25.7 Å². The maximum absolute atomic E-state index is 5.65. The molecule has 1 fully saturated rings. The number of para-hydroxylation sites is 1. The van der Waals surface area contributed by atoms with Gasteiger partial charge >= 0.3 is 0 Å². The second kappa shape index (κ2) is 8.39. The van der Waals surface area contributed by atoms with Crippen LogP contribution in [0.4, 0.5) is 0 Å². The molecule has 2 aromatic rings. The van der Waals surface area contributed by atoms with E-state index in [-0.39, 0.29) is 0 Å². The van der Waals surface area contributed by atoms with Gasteiger partial charge in [0.15, 0.2) is 11.5 Å². The average Bonchev–Trinajstić information content (AvgIpc) is 2.87. The van der Waals surface area contributed by atoms with Crippen molar-refractivity contribution in [3.8, 4) is 11.5 Å². The topological polar surface area (TPSA) is 21.7 Å². The molecule has 1 aliphatic rings. The molecule has 0 amide bonds. The summed E-state index contributed by atoms with van der Waals surface area (Å²) in [5.41, 5.74) is 3.94. The molecule has 0 aliphatic carbocycles. The molecule has 0 radical (unpaired) electrons. The van der Waals surface area contributed by atoms with Crippen molar-refractivity contribution >= 4 is 0 Å². The number of likely N-dealkylation sites (tertiary alicyclic amines) is 1. The number of aryl methyl sites for hydroxylation is 1. The third-order valence-electron chi connectivity index (χ3n) is 5.18. The van der Waals surface area contributed by atoms with Gasteiger partial charge in [0.2, 0.25) is 0 Å². The summed E-state index contributed by atoms with van der Waals surface area (Å²) < 4.78 is 11.1. The van der Waals surface area contributed by atoms with Gasteiger partial charge in [-0.3, -0.25) is 4.90 Å². The fraction of sp³-hybridized carbons (Fsp3) is 0.455. The van der Waals surface area contributed by atoms with Crippen LogP contribution < -0.4 is 9.47 Å². The van der Waals surface area contributed by atoms with E-state index in [4.69, 9.17) is 9.47 Å². The highest BCUT2D eigenvalue weighted by Crippen LogP contribution is 2.36. The molecule has 3 heteroatoms. The Hall–Kier alpha value is -2.00. The van der Waals surface area contributed by atoms with E-state index in [1.54, 1.807) is 14.2 Å². The standard InChI is InChI=1S/C22H29NO2/c1-17-11-13-18(14-12-17)20-9-5-4-6-15-23(20)16-19-8-7-10-21(24-2)22(19)25-3/h7-8,10-14,20H,4-6,9,15-16H2,1-3H3/t20-/m1/s1. The number of rotatable bonds is 5. The minimum atomic E-state index is 0.471. The summed E-state index contributed by atoms with van der Waals surface area (Å²) in [5.74, 6) is 1.67. The third kappa shape index (κ3) is 4.16. The molecule has 0 spiro atoms. The first-order chi connectivity index (χ1) is 12.2. The normalized spacial score (nSPS) is 18.6. The Labute approximate surface area is 151 Å². The molecule has 0 N–H and O–H groups in total. The molecule has 1 heterocycles. The highest BCUT2D eigenvalue weighted by molar-refractivity contribution is 5.46. The molecule has 1 saturated heterocycles. The van der Waals surface area contributed by atoms with Crippen molar-refractivity contribution in [2.45, 2.75) is 45.2 Å². The van der Waals surface area contributed by atoms with Crippen LogP contribution in [0.2, 0.25) is 0 Å². The summed E-state index contributed by atoms with van der Waals surface area (Å²) in [6.07, 6.45) is 5.09. The summed E-state index contributed by atoms with van der Waals surface area (Å²) in [6, 6.07) is 15.7. The Bertz CT molecular complexity index is 681. The van der Waals surface area contributed by atoms with Crippen LogP contribution in [0.5, 0.6) is 11.5 Å². The SMILES string of the molecule is COc1cccc(CN2CCCCC[C@@H]2c2ccc(C)cc2)c1OC. The molecular weight excluding hydrogens is 310 g/mol. The number of ether oxygens (including phenoxy) is 2. The largest absolute Gasteiger partial charge is 0.493 e. The van der Waals surface area contributed by atoms with Crippen LogP contribution in [0.25, 0.3) is 0 Å². The zero-order valence-corrected chi connectivity index (χ0v) is 15.6. The molecule has 0 saturated carbocycles. The second-order valence-electron chi connectivity index (χ2n) is 6.90. The molecule has 0 aromatic heterocycles. The molecule has 1 atom stereocenters. The van der Waals surface area contributed by atoms with E-state index >= 15 is 0 Å². The number of methoxy groups -OCH3 is 2. The maximum atomic E-state index is 5.65. The minimum absolute atomic E-state index is 0.471. The van der Waals surface area contributed by atoms with E-state index in [2.05, 4.69) is 48.2 Å². The van der Waals surface area contributed by atoms with E-state index in [1.165, 1.54) is 42.4 Å². The van der Waals surface area contributed by atoms with Crippen molar-refractivity contribution in [1.82, 2.24) is 4.90 Å². The quantitative estimate of drug-likeness (QED) is 0.754. The highest BCUT2D eigenvalue weighted by Gasteiger charge is 2.24. The van der Waals surface area contributed by atoms with Crippen LogP contribution >= 0.6 is 0 Å². The lowest BCUT2D eigenvalue weighted by Gasteiger charge is -2.31. The van der Waals surface area contributed by atoms with E-state index in [0.717, 1.165) is 24.6 Å². The van der Waals surface area contributed by atoms with Gasteiger partial charge in [0.1, 0.15) is 0 Å². The second-order valence-corrected chi connectivity index (χ2v) is 6.90. The Balaban J connectivity index is 1.88. The van der Waals surface area contributed by atoms with Crippen molar-refractivity contribution in [3.63, 3.8) is 0 Å². The predicted octanol–water partition coefficient (Wildman–Crippen LogP) is 5.13. The van der Waals surface area contributed by atoms with Crippen molar-refractivity contribution < 1.29 is 9.47 Å². The Morgan fingerprint density at radius 1 is 0.960 bits per heavy atom. The number of nitrogens with zero attached hydrogens (tertiary/aromatic N) is 1. The molecule has 1 aliphatic heterocycles. The summed E-state index contributed by atoms with van der Waals surface area (Å²) in [7, 11) is 3.42. The van der Waals surface area contributed by atoms with Crippen molar-refractivity contribution in [1.29, 1.82) is 0 Å². The van der Waals surface area contributed by atoms with Crippen molar-refractivity contribution in [2.75, 3.05) is 20.8 Å². The first-order valence-corrected chi connectivity index (χ1v) is 9.23. The Kier molecular flexibility index (Phi) is 5.98. The van der Waals surface area contributed by atoms with E-state index in [9.17, 15) is 0 Å². The average molecular weight is 339 g/mol. The van der Waals surface area contributed by atoms with Gasteiger partial charge in [-0.2, -0.15) is 0 Å². The Morgan fingerprint density at radius 3 is 2.48 bits per heavy atom. The lowest BCUT2D eigenvalue weighted by molar-refractivity contribution is 0.189. The van der Waals surface area contributed by atoms with Crippen LogP contribution in [-0.2, 0) is 6.54 Å². The van der Waals surface area contributed by atoms with E-state index in [0.29, 0.717) is 6.04 Å².